The second-order valence-corrected chi connectivity index (χ2v) is 3.22. The van der Waals surface area contributed by atoms with Gasteiger partial charge in [0.05, 0.1) is 33.9 Å². The van der Waals surface area contributed by atoms with Crippen LogP contribution in [0.5, 0.6) is 0 Å². The lowest BCUT2D eigenvalue weighted by Gasteiger charge is -2.23. The Morgan fingerprint density at radius 2 is 1.35 bits per heavy atom. The van der Waals surface area contributed by atoms with Crippen molar-refractivity contribution in [3.63, 3.8) is 0 Å². The van der Waals surface area contributed by atoms with Crippen molar-refractivity contribution in [2.24, 2.45) is 0 Å². The van der Waals surface area contributed by atoms with Crippen molar-refractivity contribution in [3.05, 3.63) is 0 Å². The van der Waals surface area contributed by atoms with Gasteiger partial charge in [0.1, 0.15) is 0 Å². The quantitative estimate of drug-likeness (QED) is 0.414. The first-order chi connectivity index (χ1) is 8.07. The highest BCUT2D eigenvalue weighted by molar-refractivity contribution is 5.74. The van der Waals surface area contributed by atoms with Crippen LogP contribution in [-0.4, -0.2) is 71.2 Å². The number of methoxy groups -OCH3 is 4. The summed E-state index contributed by atoms with van der Waals surface area (Å²) in [7, 11) is 5.51. The van der Waals surface area contributed by atoms with Gasteiger partial charge >= 0.3 is 11.9 Å². The Morgan fingerprint density at radius 3 is 1.65 bits per heavy atom. The van der Waals surface area contributed by atoms with Crippen molar-refractivity contribution < 1.29 is 28.5 Å². The van der Waals surface area contributed by atoms with Gasteiger partial charge in [-0.25, -0.2) is 0 Å². The van der Waals surface area contributed by atoms with Gasteiger partial charge in [-0.05, 0) is 0 Å². The van der Waals surface area contributed by atoms with Crippen molar-refractivity contribution in [1.29, 1.82) is 0 Å². The maximum atomic E-state index is 11.2. The molecule has 7 nitrogen and oxygen atoms in total. The minimum absolute atomic E-state index is 0.0329. The molecule has 0 aliphatic heterocycles. The van der Waals surface area contributed by atoms with E-state index in [1.54, 1.807) is 0 Å². The number of carbonyl (C=O) groups excluding carboxylic acids is 2. The molecule has 0 N–H and O–H groups in total. The van der Waals surface area contributed by atoms with Crippen LogP contribution < -0.4 is 0 Å². The van der Waals surface area contributed by atoms with E-state index < -0.39 is 18.2 Å². The van der Waals surface area contributed by atoms with Gasteiger partial charge in [-0.1, -0.05) is 0 Å². The summed E-state index contributed by atoms with van der Waals surface area (Å²) in [5.74, 6) is -0.889. The summed E-state index contributed by atoms with van der Waals surface area (Å²) in [5, 5.41) is 0. The third-order valence-corrected chi connectivity index (χ3v) is 2.09. The van der Waals surface area contributed by atoms with E-state index in [1.807, 2.05) is 0 Å². The summed E-state index contributed by atoms with van der Waals surface area (Å²) in [6, 6.07) is 0. The Bertz CT molecular complexity index is 223. The van der Waals surface area contributed by atoms with Crippen molar-refractivity contribution in [2.45, 2.75) is 6.29 Å². The van der Waals surface area contributed by atoms with E-state index in [0.717, 1.165) is 0 Å². The summed E-state index contributed by atoms with van der Waals surface area (Å²) in [6.07, 6.45) is -0.524. The molecule has 0 aliphatic carbocycles. The molecule has 0 aromatic carbocycles. The van der Waals surface area contributed by atoms with E-state index in [4.69, 9.17) is 9.47 Å². The van der Waals surface area contributed by atoms with Crippen LogP contribution >= 0.6 is 0 Å². The zero-order valence-electron chi connectivity index (χ0n) is 10.6. The lowest BCUT2D eigenvalue weighted by atomic mass is 10.4. The summed E-state index contributed by atoms with van der Waals surface area (Å²) < 4.78 is 19.0. The highest BCUT2D eigenvalue weighted by atomic mass is 16.7. The van der Waals surface area contributed by atoms with Gasteiger partial charge in [0, 0.05) is 14.2 Å². The number of ether oxygens (including phenoxy) is 4. The summed E-state index contributed by atoms with van der Waals surface area (Å²) in [6.45, 7) is 0.195. The molecular weight excluding hydrogens is 230 g/mol. The molecule has 0 bridgehead atoms. The normalized spacial score (nSPS) is 10.7. The SMILES string of the molecule is COC(=O)CN(CC(=O)OC)CC(OC)OC. The van der Waals surface area contributed by atoms with E-state index in [0.29, 0.717) is 0 Å². The van der Waals surface area contributed by atoms with Gasteiger partial charge in [0.25, 0.3) is 0 Å². The number of hydrogen-bond donors (Lipinski definition) is 0. The van der Waals surface area contributed by atoms with Gasteiger partial charge in [0.15, 0.2) is 6.29 Å². The van der Waals surface area contributed by atoms with Crippen LogP contribution in [0, 0.1) is 0 Å². The van der Waals surface area contributed by atoms with Crippen molar-refractivity contribution >= 4 is 11.9 Å². The Labute approximate surface area is 101 Å². The molecular formula is C10H19NO6. The Kier molecular flexibility index (Phi) is 8.29. The maximum absolute atomic E-state index is 11.2. The third kappa shape index (κ3) is 6.88. The minimum atomic E-state index is -0.524. The highest BCUT2D eigenvalue weighted by Crippen LogP contribution is 1.98. The number of hydrogen-bond acceptors (Lipinski definition) is 7. The number of esters is 2. The molecule has 0 aromatic rings. The van der Waals surface area contributed by atoms with Gasteiger partial charge < -0.3 is 18.9 Å². The van der Waals surface area contributed by atoms with Gasteiger partial charge in [-0.2, -0.15) is 0 Å². The largest absolute Gasteiger partial charge is 0.468 e. The van der Waals surface area contributed by atoms with Crippen LogP contribution in [0.25, 0.3) is 0 Å². The third-order valence-electron chi connectivity index (χ3n) is 2.09. The molecule has 0 heterocycles. The lowest BCUT2D eigenvalue weighted by Crippen LogP contribution is -2.41. The van der Waals surface area contributed by atoms with Gasteiger partial charge in [-0.3, -0.25) is 14.5 Å². The van der Waals surface area contributed by atoms with E-state index in [-0.39, 0.29) is 19.6 Å². The van der Waals surface area contributed by atoms with Crippen LogP contribution in [0.15, 0.2) is 0 Å². The van der Waals surface area contributed by atoms with Crippen LogP contribution in [0.2, 0.25) is 0 Å². The molecule has 0 unspecified atom stereocenters. The average molecular weight is 249 g/mol. The first-order valence-corrected chi connectivity index (χ1v) is 4.98. The minimum Gasteiger partial charge on any atom is -0.468 e. The lowest BCUT2D eigenvalue weighted by molar-refractivity contribution is -0.151. The van der Waals surface area contributed by atoms with Crippen LogP contribution in [0.4, 0.5) is 0 Å². The fraction of sp³-hybridized carbons (Fsp3) is 0.800. The summed E-state index contributed by atoms with van der Waals surface area (Å²) >= 11 is 0. The molecule has 0 aliphatic rings. The average Bonchev–Trinajstić information content (AvgIpc) is 2.34. The second-order valence-electron chi connectivity index (χ2n) is 3.22. The monoisotopic (exact) mass is 249 g/mol. The molecule has 0 amide bonds. The van der Waals surface area contributed by atoms with E-state index in [9.17, 15) is 9.59 Å². The molecule has 0 atom stereocenters. The molecule has 0 radical (unpaired) electrons. The molecule has 100 valence electrons. The topological polar surface area (TPSA) is 74.3 Å². The zero-order chi connectivity index (χ0) is 13.3. The smallest absolute Gasteiger partial charge is 0.319 e. The van der Waals surface area contributed by atoms with Gasteiger partial charge in [-0.15, -0.1) is 0 Å². The van der Waals surface area contributed by atoms with Crippen molar-refractivity contribution in [2.75, 3.05) is 48.1 Å². The van der Waals surface area contributed by atoms with Crippen molar-refractivity contribution in [1.82, 2.24) is 4.90 Å². The summed E-state index contributed by atoms with van der Waals surface area (Å²) in [5.41, 5.74) is 0. The molecule has 0 rings (SSSR count). The molecule has 7 heteroatoms. The molecule has 0 aromatic heterocycles. The molecule has 0 saturated heterocycles. The standard InChI is InChI=1S/C10H19NO6/c1-14-8(12)5-11(6-9(13)15-2)7-10(16-3)17-4/h10H,5-7H2,1-4H3. The van der Waals surface area contributed by atoms with E-state index >= 15 is 0 Å². The van der Waals surface area contributed by atoms with Gasteiger partial charge in [0.2, 0.25) is 0 Å². The first kappa shape index (κ1) is 15.8. The van der Waals surface area contributed by atoms with Crippen LogP contribution in [-0.2, 0) is 28.5 Å². The number of nitrogens with zero attached hydrogens (tertiary/aromatic N) is 1. The second kappa shape index (κ2) is 8.91. The highest BCUT2D eigenvalue weighted by Gasteiger charge is 2.19. The zero-order valence-corrected chi connectivity index (χ0v) is 10.6. The Hall–Kier alpha value is -1.18. The number of rotatable bonds is 8. The van der Waals surface area contributed by atoms with E-state index in [2.05, 4.69) is 9.47 Å². The summed E-state index contributed by atoms with van der Waals surface area (Å²) in [4.78, 5) is 23.8. The fourth-order valence-electron chi connectivity index (χ4n) is 1.14. The predicted molar refractivity (Wildman–Crippen MR) is 58.3 cm³/mol. The van der Waals surface area contributed by atoms with E-state index in [1.165, 1.54) is 33.3 Å². The maximum Gasteiger partial charge on any atom is 0.319 e. The van der Waals surface area contributed by atoms with Crippen LogP contribution in [0.1, 0.15) is 0 Å². The Balaban J connectivity index is 4.37. The molecule has 0 spiro atoms. The van der Waals surface area contributed by atoms with Crippen molar-refractivity contribution in [3.8, 4) is 0 Å². The molecule has 17 heavy (non-hydrogen) atoms. The van der Waals surface area contributed by atoms with Crippen LogP contribution in [0.3, 0.4) is 0 Å². The molecule has 0 saturated carbocycles. The number of carbonyl (C=O) groups is 2. The Morgan fingerprint density at radius 1 is 0.941 bits per heavy atom. The predicted octanol–water partition coefficient (Wildman–Crippen LogP) is -0.747. The molecule has 0 fully saturated rings. The fourth-order valence-corrected chi connectivity index (χ4v) is 1.14. The first-order valence-electron chi connectivity index (χ1n) is 4.98.